The number of thiazole rings is 1. The van der Waals surface area contributed by atoms with Gasteiger partial charge in [0, 0.05) is 11.9 Å². The van der Waals surface area contributed by atoms with E-state index < -0.39 is 24.7 Å². The van der Waals surface area contributed by atoms with Crippen molar-refractivity contribution in [2.24, 2.45) is 0 Å². The van der Waals surface area contributed by atoms with E-state index in [9.17, 15) is 18.0 Å². The lowest BCUT2D eigenvalue weighted by Crippen LogP contribution is -2.51. The molecule has 1 amide bonds. The molecule has 1 saturated heterocycles. The van der Waals surface area contributed by atoms with Crippen LogP contribution in [0.4, 0.5) is 13.2 Å². The number of nitrogens with zero attached hydrogens (tertiary/aromatic N) is 2. The van der Waals surface area contributed by atoms with Crippen molar-refractivity contribution in [3.05, 3.63) is 28.6 Å². The van der Waals surface area contributed by atoms with Crippen molar-refractivity contribution >= 4 is 28.6 Å². The van der Waals surface area contributed by atoms with Crippen molar-refractivity contribution < 1.29 is 22.7 Å². The van der Waals surface area contributed by atoms with E-state index in [0.717, 1.165) is 9.78 Å². The summed E-state index contributed by atoms with van der Waals surface area (Å²) in [5.74, 6) is -0.489. The molecular formula is C13H11F3N2O2S2. The number of alkyl halides is 3. The quantitative estimate of drug-likeness (QED) is 0.836. The molecule has 22 heavy (non-hydrogen) atoms. The van der Waals surface area contributed by atoms with Crippen LogP contribution in [0.1, 0.15) is 10.5 Å². The fourth-order valence-electron chi connectivity index (χ4n) is 2.08. The van der Waals surface area contributed by atoms with Gasteiger partial charge in [0.2, 0.25) is 0 Å². The highest BCUT2D eigenvalue weighted by molar-refractivity contribution is 7.20. The third-order valence-electron chi connectivity index (χ3n) is 3.17. The highest BCUT2D eigenvalue weighted by Gasteiger charge is 2.44. The molecule has 2 aromatic heterocycles. The molecule has 0 aliphatic carbocycles. The second-order valence-electron chi connectivity index (χ2n) is 4.67. The second-order valence-corrected chi connectivity index (χ2v) is 6.47. The molecule has 0 spiro atoms. The van der Waals surface area contributed by atoms with Gasteiger partial charge in [-0.3, -0.25) is 4.79 Å². The van der Waals surface area contributed by atoms with Gasteiger partial charge in [0.05, 0.1) is 18.0 Å². The number of ether oxygens (including phenoxy) is 1. The molecule has 1 aliphatic heterocycles. The number of amides is 1. The van der Waals surface area contributed by atoms with E-state index in [0.29, 0.717) is 5.01 Å². The molecule has 3 rings (SSSR count). The summed E-state index contributed by atoms with van der Waals surface area (Å²) in [5, 5.41) is 4.17. The van der Waals surface area contributed by atoms with Crippen LogP contribution in [0.25, 0.3) is 9.88 Å². The number of rotatable bonds is 2. The number of halogens is 3. The summed E-state index contributed by atoms with van der Waals surface area (Å²) in [7, 11) is 0. The van der Waals surface area contributed by atoms with Gasteiger partial charge in [-0.1, -0.05) is 6.07 Å². The second kappa shape index (κ2) is 5.98. The van der Waals surface area contributed by atoms with E-state index in [1.165, 1.54) is 22.7 Å². The van der Waals surface area contributed by atoms with Crippen LogP contribution in [0.2, 0.25) is 0 Å². The standard InChI is InChI=1S/C13H11F3N2O2S2/c14-13(15,16)10-6-18(3-4-20-10)12(19)8-7-22-11(17-8)9-2-1-5-21-9/h1-2,5,7,10H,3-4,6H2/t10-/m1/s1. The average molecular weight is 348 g/mol. The molecule has 3 heterocycles. The first kappa shape index (κ1) is 15.4. The van der Waals surface area contributed by atoms with Crippen molar-refractivity contribution in [3.8, 4) is 9.88 Å². The monoisotopic (exact) mass is 348 g/mol. The van der Waals surface area contributed by atoms with Gasteiger partial charge in [0.15, 0.2) is 6.10 Å². The Morgan fingerprint density at radius 3 is 2.91 bits per heavy atom. The van der Waals surface area contributed by atoms with Crippen molar-refractivity contribution in [1.29, 1.82) is 0 Å². The summed E-state index contributed by atoms with van der Waals surface area (Å²) < 4.78 is 42.8. The summed E-state index contributed by atoms with van der Waals surface area (Å²) in [6.45, 7) is -0.483. The first-order valence-electron chi connectivity index (χ1n) is 6.42. The molecule has 0 radical (unpaired) electrons. The Morgan fingerprint density at radius 1 is 1.41 bits per heavy atom. The molecule has 0 N–H and O–H groups in total. The molecular weight excluding hydrogens is 337 g/mol. The van der Waals surface area contributed by atoms with Crippen LogP contribution in [0.15, 0.2) is 22.9 Å². The normalized spacial score (nSPS) is 19.4. The topological polar surface area (TPSA) is 42.4 Å². The first-order chi connectivity index (χ1) is 10.4. The van der Waals surface area contributed by atoms with Gasteiger partial charge in [-0.15, -0.1) is 22.7 Å². The maximum Gasteiger partial charge on any atom is 0.416 e. The van der Waals surface area contributed by atoms with Crippen molar-refractivity contribution in [2.45, 2.75) is 12.3 Å². The Hall–Kier alpha value is -1.45. The summed E-state index contributed by atoms with van der Waals surface area (Å²) in [5.41, 5.74) is 0.177. The fourth-order valence-corrected chi connectivity index (χ4v) is 3.69. The lowest BCUT2D eigenvalue weighted by atomic mass is 10.2. The molecule has 0 aromatic carbocycles. The lowest BCUT2D eigenvalue weighted by molar-refractivity contribution is -0.233. The maximum absolute atomic E-state index is 12.7. The summed E-state index contributed by atoms with van der Waals surface area (Å²) >= 11 is 2.80. The van der Waals surface area contributed by atoms with Gasteiger partial charge in [-0.25, -0.2) is 4.98 Å². The van der Waals surface area contributed by atoms with Gasteiger partial charge < -0.3 is 9.64 Å². The summed E-state index contributed by atoms with van der Waals surface area (Å²) in [6.07, 6.45) is -6.40. The minimum atomic E-state index is -4.47. The van der Waals surface area contributed by atoms with E-state index in [1.54, 1.807) is 5.38 Å². The molecule has 0 unspecified atom stereocenters. The zero-order valence-corrected chi connectivity index (χ0v) is 12.8. The van der Waals surface area contributed by atoms with Gasteiger partial charge in [-0.2, -0.15) is 13.2 Å². The maximum atomic E-state index is 12.7. The summed E-state index contributed by atoms with van der Waals surface area (Å²) in [6, 6.07) is 3.75. The molecule has 9 heteroatoms. The van der Waals surface area contributed by atoms with E-state index in [-0.39, 0.29) is 18.8 Å². The average Bonchev–Trinajstić information content (AvgIpc) is 3.16. The van der Waals surface area contributed by atoms with E-state index in [1.807, 2.05) is 17.5 Å². The molecule has 0 saturated carbocycles. The minimum Gasteiger partial charge on any atom is -0.365 e. The zero-order valence-electron chi connectivity index (χ0n) is 11.2. The third-order valence-corrected chi connectivity index (χ3v) is 5.06. The van der Waals surface area contributed by atoms with Crippen LogP contribution in [-0.4, -0.2) is 47.8 Å². The highest BCUT2D eigenvalue weighted by Crippen LogP contribution is 2.29. The Labute approximate surface area is 132 Å². The van der Waals surface area contributed by atoms with Crippen molar-refractivity contribution in [2.75, 3.05) is 19.7 Å². The van der Waals surface area contributed by atoms with E-state index in [4.69, 9.17) is 0 Å². The van der Waals surface area contributed by atoms with E-state index in [2.05, 4.69) is 9.72 Å². The molecule has 4 nitrogen and oxygen atoms in total. The third kappa shape index (κ3) is 3.16. The minimum absolute atomic E-state index is 0.127. The van der Waals surface area contributed by atoms with Crippen LogP contribution in [0.3, 0.4) is 0 Å². The number of hydrogen-bond acceptors (Lipinski definition) is 5. The molecule has 1 aliphatic rings. The van der Waals surface area contributed by atoms with Crippen LogP contribution in [0, 0.1) is 0 Å². The van der Waals surface area contributed by atoms with Gasteiger partial charge in [0.1, 0.15) is 10.7 Å². The predicted octanol–water partition coefficient (Wildman–Crippen LogP) is 3.27. The largest absolute Gasteiger partial charge is 0.416 e. The van der Waals surface area contributed by atoms with Crippen molar-refractivity contribution in [3.63, 3.8) is 0 Å². The molecule has 2 aromatic rings. The number of carbonyl (C=O) groups is 1. The Morgan fingerprint density at radius 2 is 2.23 bits per heavy atom. The number of thiophene rings is 1. The Kier molecular flexibility index (Phi) is 4.20. The fraction of sp³-hybridized carbons (Fsp3) is 0.385. The SMILES string of the molecule is O=C(c1csc(-c2cccs2)n1)N1CCO[C@@H](C(F)(F)F)C1. The number of aromatic nitrogens is 1. The molecule has 118 valence electrons. The zero-order chi connectivity index (χ0) is 15.7. The van der Waals surface area contributed by atoms with Gasteiger partial charge in [-0.05, 0) is 11.4 Å². The smallest absolute Gasteiger partial charge is 0.365 e. The van der Waals surface area contributed by atoms with Gasteiger partial charge in [0.25, 0.3) is 5.91 Å². The Balaban J connectivity index is 1.74. The predicted molar refractivity (Wildman–Crippen MR) is 77.1 cm³/mol. The summed E-state index contributed by atoms with van der Waals surface area (Å²) in [4.78, 5) is 18.6. The number of morpholine rings is 1. The number of hydrogen-bond donors (Lipinski definition) is 0. The van der Waals surface area contributed by atoms with Crippen LogP contribution in [0.5, 0.6) is 0 Å². The van der Waals surface area contributed by atoms with Gasteiger partial charge >= 0.3 is 6.18 Å². The highest BCUT2D eigenvalue weighted by atomic mass is 32.1. The lowest BCUT2D eigenvalue weighted by Gasteiger charge is -2.33. The first-order valence-corrected chi connectivity index (χ1v) is 8.18. The van der Waals surface area contributed by atoms with Crippen LogP contribution in [-0.2, 0) is 4.74 Å². The molecule has 1 atom stereocenters. The molecule has 1 fully saturated rings. The molecule has 0 bridgehead atoms. The van der Waals surface area contributed by atoms with Crippen LogP contribution >= 0.6 is 22.7 Å². The number of carbonyl (C=O) groups excluding carboxylic acids is 1. The van der Waals surface area contributed by atoms with Crippen molar-refractivity contribution in [1.82, 2.24) is 9.88 Å². The van der Waals surface area contributed by atoms with Crippen LogP contribution < -0.4 is 0 Å². The Bertz CT molecular complexity index is 655. The van der Waals surface area contributed by atoms with E-state index >= 15 is 0 Å².